The standard InChI is InChI=1S/C10H10ClN5O2/c1-6-8(5-15(2)14-6)12-10-4-7(16(17)18)3-9(11)13-10/h3-5H,1-2H3,(H,12,13). The summed E-state index contributed by atoms with van der Waals surface area (Å²) in [5, 5.41) is 17.9. The van der Waals surface area contributed by atoms with E-state index in [9.17, 15) is 10.1 Å². The van der Waals surface area contributed by atoms with Crippen LogP contribution in [0.15, 0.2) is 18.3 Å². The third-order valence-corrected chi connectivity index (χ3v) is 2.46. The van der Waals surface area contributed by atoms with Gasteiger partial charge < -0.3 is 5.32 Å². The number of rotatable bonds is 3. The second-order valence-corrected chi connectivity index (χ2v) is 4.10. The zero-order chi connectivity index (χ0) is 13.3. The SMILES string of the molecule is Cc1nn(C)cc1Nc1cc([N+](=O)[O-])cc(Cl)n1. The molecule has 0 amide bonds. The van der Waals surface area contributed by atoms with Crippen molar-refractivity contribution in [1.29, 1.82) is 0 Å². The molecule has 94 valence electrons. The highest BCUT2D eigenvalue weighted by atomic mass is 35.5. The van der Waals surface area contributed by atoms with Crippen LogP contribution in [0, 0.1) is 17.0 Å². The zero-order valence-electron chi connectivity index (χ0n) is 9.72. The van der Waals surface area contributed by atoms with Crippen LogP contribution >= 0.6 is 11.6 Å². The summed E-state index contributed by atoms with van der Waals surface area (Å²) in [5.41, 5.74) is 1.38. The van der Waals surface area contributed by atoms with Gasteiger partial charge in [0.05, 0.1) is 28.4 Å². The van der Waals surface area contributed by atoms with Crippen molar-refractivity contribution in [3.8, 4) is 0 Å². The van der Waals surface area contributed by atoms with Gasteiger partial charge in [0.1, 0.15) is 11.0 Å². The summed E-state index contributed by atoms with van der Waals surface area (Å²) in [4.78, 5) is 14.2. The van der Waals surface area contributed by atoms with Gasteiger partial charge in [-0.3, -0.25) is 14.8 Å². The topological polar surface area (TPSA) is 85.9 Å². The van der Waals surface area contributed by atoms with Crippen molar-refractivity contribution in [2.75, 3.05) is 5.32 Å². The monoisotopic (exact) mass is 267 g/mol. The fourth-order valence-corrected chi connectivity index (χ4v) is 1.72. The van der Waals surface area contributed by atoms with Gasteiger partial charge in [0.2, 0.25) is 0 Å². The van der Waals surface area contributed by atoms with E-state index in [0.29, 0.717) is 5.82 Å². The molecule has 0 unspecified atom stereocenters. The van der Waals surface area contributed by atoms with Crippen LogP contribution < -0.4 is 5.32 Å². The number of nitro groups is 1. The van der Waals surface area contributed by atoms with Crippen LogP contribution in [-0.2, 0) is 7.05 Å². The minimum atomic E-state index is -0.519. The van der Waals surface area contributed by atoms with Crippen molar-refractivity contribution in [1.82, 2.24) is 14.8 Å². The van der Waals surface area contributed by atoms with E-state index in [1.54, 1.807) is 17.9 Å². The lowest BCUT2D eigenvalue weighted by atomic mass is 10.3. The zero-order valence-corrected chi connectivity index (χ0v) is 10.5. The molecule has 0 radical (unpaired) electrons. The van der Waals surface area contributed by atoms with Gasteiger partial charge in [-0.05, 0) is 6.92 Å². The third kappa shape index (κ3) is 2.57. The van der Waals surface area contributed by atoms with Crippen LogP contribution in [0.1, 0.15) is 5.69 Å². The number of hydrogen-bond acceptors (Lipinski definition) is 5. The summed E-state index contributed by atoms with van der Waals surface area (Å²) in [6.45, 7) is 1.82. The highest BCUT2D eigenvalue weighted by molar-refractivity contribution is 6.29. The quantitative estimate of drug-likeness (QED) is 0.524. The molecular formula is C10H10ClN5O2. The molecule has 2 aromatic rings. The number of halogens is 1. The molecule has 0 fully saturated rings. The Hall–Kier alpha value is -2.15. The van der Waals surface area contributed by atoms with Gasteiger partial charge in [-0.15, -0.1) is 0 Å². The number of hydrogen-bond donors (Lipinski definition) is 1. The molecule has 0 bridgehead atoms. The van der Waals surface area contributed by atoms with E-state index in [1.165, 1.54) is 12.1 Å². The Labute approximate surface area is 108 Å². The van der Waals surface area contributed by atoms with Crippen molar-refractivity contribution in [2.45, 2.75) is 6.92 Å². The molecule has 2 heterocycles. The predicted octanol–water partition coefficient (Wildman–Crippen LogP) is 2.43. The van der Waals surface area contributed by atoms with Gasteiger partial charge in [0.15, 0.2) is 0 Å². The van der Waals surface area contributed by atoms with Gasteiger partial charge in [-0.2, -0.15) is 5.10 Å². The van der Waals surface area contributed by atoms with E-state index >= 15 is 0 Å². The Balaban J connectivity index is 2.34. The van der Waals surface area contributed by atoms with E-state index in [-0.39, 0.29) is 10.8 Å². The van der Waals surface area contributed by atoms with Gasteiger partial charge in [0, 0.05) is 13.2 Å². The maximum absolute atomic E-state index is 10.7. The molecule has 2 rings (SSSR count). The van der Waals surface area contributed by atoms with Crippen molar-refractivity contribution >= 4 is 28.8 Å². The molecule has 0 spiro atoms. The Bertz CT molecular complexity index is 610. The first-order valence-corrected chi connectivity index (χ1v) is 5.43. The first-order valence-electron chi connectivity index (χ1n) is 5.05. The summed E-state index contributed by atoms with van der Waals surface area (Å²) in [5.74, 6) is 0.310. The van der Waals surface area contributed by atoms with E-state index in [1.807, 2.05) is 6.92 Å². The minimum absolute atomic E-state index is 0.0632. The molecule has 0 aromatic carbocycles. The van der Waals surface area contributed by atoms with E-state index < -0.39 is 4.92 Å². The minimum Gasteiger partial charge on any atom is -0.337 e. The Morgan fingerprint density at radius 2 is 2.22 bits per heavy atom. The van der Waals surface area contributed by atoms with Gasteiger partial charge in [-0.1, -0.05) is 11.6 Å². The Kier molecular flexibility index (Phi) is 3.15. The van der Waals surface area contributed by atoms with Crippen LogP contribution in [0.2, 0.25) is 5.15 Å². The highest BCUT2D eigenvalue weighted by Crippen LogP contribution is 2.24. The van der Waals surface area contributed by atoms with Crippen molar-refractivity contribution in [3.05, 3.63) is 39.3 Å². The van der Waals surface area contributed by atoms with E-state index in [2.05, 4.69) is 15.4 Å². The second kappa shape index (κ2) is 4.61. The third-order valence-electron chi connectivity index (χ3n) is 2.27. The lowest BCUT2D eigenvalue weighted by molar-refractivity contribution is -0.384. The molecule has 0 aliphatic carbocycles. The number of nitrogens with zero attached hydrogens (tertiary/aromatic N) is 4. The molecule has 0 saturated carbocycles. The molecule has 0 aliphatic rings. The van der Waals surface area contributed by atoms with Gasteiger partial charge in [0.25, 0.3) is 5.69 Å². The molecule has 18 heavy (non-hydrogen) atoms. The van der Waals surface area contributed by atoms with Crippen LogP contribution in [-0.4, -0.2) is 19.7 Å². The number of anilines is 2. The summed E-state index contributed by atoms with van der Waals surface area (Å²) >= 11 is 5.73. The molecule has 8 heteroatoms. The summed E-state index contributed by atoms with van der Waals surface area (Å²) < 4.78 is 1.64. The number of nitrogens with one attached hydrogen (secondary N) is 1. The van der Waals surface area contributed by atoms with Gasteiger partial charge >= 0.3 is 0 Å². The molecular weight excluding hydrogens is 258 g/mol. The molecule has 0 atom stereocenters. The van der Waals surface area contributed by atoms with Crippen LogP contribution in [0.4, 0.5) is 17.2 Å². The second-order valence-electron chi connectivity index (χ2n) is 3.72. The van der Waals surface area contributed by atoms with Crippen LogP contribution in [0.25, 0.3) is 0 Å². The largest absolute Gasteiger partial charge is 0.337 e. The summed E-state index contributed by atoms with van der Waals surface area (Å²) in [7, 11) is 1.78. The van der Waals surface area contributed by atoms with Crippen molar-refractivity contribution < 1.29 is 4.92 Å². The number of aromatic nitrogens is 3. The van der Waals surface area contributed by atoms with Gasteiger partial charge in [-0.25, -0.2) is 4.98 Å². The first kappa shape index (κ1) is 12.3. The summed E-state index contributed by atoms with van der Waals surface area (Å²) in [6.07, 6.45) is 1.75. The smallest absolute Gasteiger partial charge is 0.276 e. The lowest BCUT2D eigenvalue weighted by Crippen LogP contribution is -1.97. The average molecular weight is 268 g/mol. The maximum Gasteiger partial charge on any atom is 0.276 e. The molecule has 7 nitrogen and oxygen atoms in total. The van der Waals surface area contributed by atoms with Crippen LogP contribution in [0.5, 0.6) is 0 Å². The molecule has 1 N–H and O–H groups in total. The van der Waals surface area contributed by atoms with E-state index in [4.69, 9.17) is 11.6 Å². The summed E-state index contributed by atoms with van der Waals surface area (Å²) in [6, 6.07) is 2.52. The molecule has 0 saturated heterocycles. The fourth-order valence-electron chi connectivity index (χ4n) is 1.51. The number of pyridine rings is 1. The van der Waals surface area contributed by atoms with E-state index in [0.717, 1.165) is 11.4 Å². The Morgan fingerprint density at radius 1 is 1.50 bits per heavy atom. The molecule has 0 aliphatic heterocycles. The van der Waals surface area contributed by atoms with Crippen LogP contribution in [0.3, 0.4) is 0 Å². The Morgan fingerprint density at radius 3 is 2.78 bits per heavy atom. The van der Waals surface area contributed by atoms with Crippen molar-refractivity contribution in [3.63, 3.8) is 0 Å². The number of aryl methyl sites for hydroxylation is 2. The molecule has 2 aromatic heterocycles. The fraction of sp³-hybridized carbons (Fsp3) is 0.200. The maximum atomic E-state index is 10.7. The van der Waals surface area contributed by atoms with Crippen molar-refractivity contribution in [2.24, 2.45) is 7.05 Å². The highest BCUT2D eigenvalue weighted by Gasteiger charge is 2.11. The predicted molar refractivity (Wildman–Crippen MR) is 67.1 cm³/mol. The average Bonchev–Trinajstić information content (AvgIpc) is 2.56. The normalized spacial score (nSPS) is 10.4. The first-order chi connectivity index (χ1) is 8.45. The lowest BCUT2D eigenvalue weighted by Gasteiger charge is -2.04.